The Hall–Kier alpha value is -4.44. The van der Waals surface area contributed by atoms with Crippen LogP contribution in [0.5, 0.6) is 0 Å². The summed E-state index contributed by atoms with van der Waals surface area (Å²) in [5, 5.41) is 15.3. The second-order valence-electron chi connectivity index (χ2n) is 16.2. The minimum Gasteiger partial charge on any atom is -0.354 e. The second kappa shape index (κ2) is 13.0. The van der Waals surface area contributed by atoms with Gasteiger partial charge in [0, 0.05) is 83.4 Å². The fourth-order valence-electron chi connectivity index (χ4n) is 10.2. The zero-order valence-electron chi connectivity index (χ0n) is 30.4. The van der Waals surface area contributed by atoms with Gasteiger partial charge >= 0.3 is 6.18 Å². The van der Waals surface area contributed by atoms with E-state index in [2.05, 4.69) is 31.9 Å². The van der Waals surface area contributed by atoms with Crippen molar-refractivity contribution >= 4 is 56.7 Å². The number of pyridine rings is 2. The van der Waals surface area contributed by atoms with Crippen LogP contribution in [0.1, 0.15) is 66.7 Å². The standard InChI is InChI=1S/C42H37Cl2F4N7O/c1-20-28-15-32(39-24-12-26(54(39)41(56)21-7-8-21)19-53(18-24)33-10-9-25(17-51-33)42(46,47)48)55(38-23-14-31(38)50-16-23)40(28)29-13-22(4-3-11-49)34(36(45)37(29)52-20)27-5-2-6-30(43)35(27)44/h2,5-6,9-10,13,15,17,21,23-24,26,31,38-39,50H,3-4,7-8,12,14,16,18-19H2,1H3. The Kier molecular flexibility index (Phi) is 8.37. The molecule has 14 heteroatoms. The highest BCUT2D eigenvalue weighted by atomic mass is 35.5. The number of likely N-dealkylation sites (tertiary alicyclic amines) is 1. The van der Waals surface area contributed by atoms with Gasteiger partial charge < -0.3 is 19.7 Å². The van der Waals surface area contributed by atoms with E-state index >= 15 is 4.39 Å². The molecular weight excluding hydrogens is 765 g/mol. The monoisotopic (exact) mass is 801 g/mol. The Morgan fingerprint density at radius 1 is 1.07 bits per heavy atom. The van der Waals surface area contributed by atoms with Crippen LogP contribution < -0.4 is 10.2 Å². The Balaban J connectivity index is 1.18. The van der Waals surface area contributed by atoms with Crippen molar-refractivity contribution in [2.45, 2.75) is 75.8 Å². The number of aromatic nitrogens is 3. The van der Waals surface area contributed by atoms with E-state index in [-0.39, 0.29) is 70.9 Å². The number of benzene rings is 2. The van der Waals surface area contributed by atoms with Gasteiger partial charge in [0.25, 0.3) is 0 Å². The van der Waals surface area contributed by atoms with Crippen molar-refractivity contribution in [2.75, 3.05) is 24.5 Å². The summed E-state index contributed by atoms with van der Waals surface area (Å²) in [6.45, 7) is 3.72. The molecule has 3 aromatic heterocycles. The molecule has 0 spiro atoms. The highest BCUT2D eigenvalue weighted by Gasteiger charge is 2.55. The van der Waals surface area contributed by atoms with E-state index in [1.165, 1.54) is 6.07 Å². The molecule has 1 amide bonds. The topological polar surface area (TPSA) is 90.1 Å². The van der Waals surface area contributed by atoms with E-state index in [9.17, 15) is 23.2 Å². The summed E-state index contributed by atoms with van der Waals surface area (Å²) >= 11 is 13.1. The van der Waals surface area contributed by atoms with Crippen LogP contribution in [0.4, 0.5) is 23.4 Å². The summed E-state index contributed by atoms with van der Waals surface area (Å²) in [5.41, 5.74) is 3.21. The molecule has 6 fully saturated rings. The second-order valence-corrected chi connectivity index (χ2v) is 17.0. The highest BCUT2D eigenvalue weighted by Crippen LogP contribution is 2.54. The van der Waals surface area contributed by atoms with Gasteiger partial charge in [0.1, 0.15) is 11.3 Å². The predicted octanol–water partition coefficient (Wildman–Crippen LogP) is 9.20. The molecule has 8 nitrogen and oxygen atoms in total. The van der Waals surface area contributed by atoms with Crippen molar-refractivity contribution in [3.05, 3.63) is 87.0 Å². The van der Waals surface area contributed by atoms with Gasteiger partial charge in [0.05, 0.1) is 45.3 Å². The van der Waals surface area contributed by atoms with Crippen LogP contribution in [-0.2, 0) is 17.4 Å². The molecule has 6 atom stereocenters. The zero-order chi connectivity index (χ0) is 38.8. The molecule has 288 valence electrons. The molecule has 2 aromatic carbocycles. The van der Waals surface area contributed by atoms with Gasteiger partial charge in [-0.15, -0.1) is 0 Å². The smallest absolute Gasteiger partial charge is 0.354 e. The molecule has 4 aliphatic heterocycles. The third-order valence-electron chi connectivity index (χ3n) is 12.9. The number of nitrogens with zero attached hydrogens (tertiary/aromatic N) is 6. The number of amides is 1. The molecule has 2 aliphatic carbocycles. The van der Waals surface area contributed by atoms with Crippen molar-refractivity contribution in [3.8, 4) is 17.2 Å². The Morgan fingerprint density at radius 3 is 2.57 bits per heavy atom. The fourth-order valence-corrected chi connectivity index (χ4v) is 10.6. The third-order valence-corrected chi connectivity index (χ3v) is 13.7. The summed E-state index contributed by atoms with van der Waals surface area (Å²) in [6, 6.07) is 13.7. The molecule has 1 N–H and O–H groups in total. The van der Waals surface area contributed by atoms with E-state index in [0.717, 1.165) is 61.1 Å². The van der Waals surface area contributed by atoms with E-state index in [0.29, 0.717) is 52.1 Å². The maximum Gasteiger partial charge on any atom is 0.417 e. The SMILES string of the molecule is Cc1nc2c(F)c(-c3cccc(Cl)c3Cl)c(CCC#N)cc2c2c1cc(C1C3CC(CN(c4ccc(C(F)(F)F)cn4)C3)N1C(=O)C1CC1)n2C1C2CNC1C2. The Labute approximate surface area is 330 Å². The molecule has 5 aromatic rings. The first kappa shape index (κ1) is 35.9. The van der Waals surface area contributed by atoms with Gasteiger partial charge in [-0.05, 0) is 80.8 Å². The first-order chi connectivity index (χ1) is 26.9. The van der Waals surface area contributed by atoms with Crippen LogP contribution >= 0.6 is 23.2 Å². The van der Waals surface area contributed by atoms with Gasteiger partial charge in [-0.2, -0.15) is 18.4 Å². The van der Waals surface area contributed by atoms with Crippen molar-refractivity contribution in [1.29, 1.82) is 5.26 Å². The molecule has 4 saturated heterocycles. The number of carbonyl (C=O) groups excluding carboxylic acids is 1. The normalized spacial score (nSPS) is 25.6. The van der Waals surface area contributed by atoms with Crippen LogP contribution in [0.3, 0.4) is 0 Å². The molecule has 56 heavy (non-hydrogen) atoms. The lowest BCUT2D eigenvalue weighted by molar-refractivity contribution is -0.138. The summed E-state index contributed by atoms with van der Waals surface area (Å²) in [4.78, 5) is 27.6. The molecule has 0 radical (unpaired) electrons. The maximum atomic E-state index is 17.3. The maximum absolute atomic E-state index is 17.3. The Morgan fingerprint density at radius 2 is 1.89 bits per heavy atom. The Bertz CT molecular complexity index is 2480. The number of aryl methyl sites for hydroxylation is 2. The van der Waals surface area contributed by atoms with E-state index in [4.69, 9.17) is 28.2 Å². The van der Waals surface area contributed by atoms with Gasteiger partial charge in [-0.3, -0.25) is 4.79 Å². The number of anilines is 1. The number of carbonyl (C=O) groups is 1. The van der Waals surface area contributed by atoms with Crippen LogP contribution in [0.15, 0.2) is 48.7 Å². The summed E-state index contributed by atoms with van der Waals surface area (Å²) in [6.07, 6.45) is 0.270. The number of fused-ring (bicyclic) bond motifs is 6. The lowest BCUT2D eigenvalue weighted by Crippen LogP contribution is -2.45. The van der Waals surface area contributed by atoms with Crippen molar-refractivity contribution in [3.63, 3.8) is 0 Å². The fraction of sp³-hybridized carbons (Fsp3) is 0.429. The van der Waals surface area contributed by atoms with Crippen molar-refractivity contribution in [2.24, 2.45) is 17.8 Å². The molecule has 6 unspecified atom stereocenters. The number of piperidine rings is 1. The quantitative estimate of drug-likeness (QED) is 0.165. The molecule has 4 bridgehead atoms. The van der Waals surface area contributed by atoms with Crippen molar-refractivity contribution < 1.29 is 22.4 Å². The number of hydrogen-bond acceptors (Lipinski definition) is 6. The van der Waals surface area contributed by atoms with E-state index in [1.54, 1.807) is 18.2 Å². The molecule has 2 saturated carbocycles. The molecule has 6 aliphatic rings. The third kappa shape index (κ3) is 5.52. The first-order valence-corrected chi connectivity index (χ1v) is 20.0. The summed E-state index contributed by atoms with van der Waals surface area (Å²) in [7, 11) is 0. The first-order valence-electron chi connectivity index (χ1n) is 19.2. The minimum absolute atomic E-state index is 0.0340. The molecular formula is C42H37Cl2F4N7O. The van der Waals surface area contributed by atoms with Crippen LogP contribution in [0.2, 0.25) is 10.0 Å². The largest absolute Gasteiger partial charge is 0.417 e. The molecule has 11 rings (SSSR count). The predicted molar refractivity (Wildman–Crippen MR) is 206 cm³/mol. The lowest BCUT2D eigenvalue weighted by Gasteiger charge is -2.40. The van der Waals surface area contributed by atoms with E-state index < -0.39 is 17.6 Å². The van der Waals surface area contributed by atoms with Crippen LogP contribution in [0.25, 0.3) is 32.9 Å². The average molecular weight is 803 g/mol. The highest BCUT2D eigenvalue weighted by molar-refractivity contribution is 6.43. The molecule has 7 heterocycles. The van der Waals surface area contributed by atoms with Crippen molar-refractivity contribution in [1.82, 2.24) is 24.8 Å². The summed E-state index contributed by atoms with van der Waals surface area (Å²) in [5.74, 6) is 0.293. The van der Waals surface area contributed by atoms with Crippen LogP contribution in [-0.4, -0.2) is 57.1 Å². The number of nitrogens with one attached hydrogen (secondary N) is 1. The number of halogens is 6. The number of nitriles is 1. The van der Waals surface area contributed by atoms with Gasteiger partial charge in [0.15, 0.2) is 5.82 Å². The zero-order valence-corrected chi connectivity index (χ0v) is 31.9. The minimum atomic E-state index is -4.49. The van der Waals surface area contributed by atoms with Gasteiger partial charge in [0.2, 0.25) is 5.91 Å². The summed E-state index contributed by atoms with van der Waals surface area (Å²) < 4.78 is 60.0. The number of hydrogen-bond donors (Lipinski definition) is 1. The average Bonchev–Trinajstić information content (AvgIpc) is 3.46. The van der Waals surface area contributed by atoms with E-state index in [1.807, 2.05) is 17.9 Å². The van der Waals surface area contributed by atoms with Crippen LogP contribution in [0, 0.1) is 41.8 Å². The lowest BCUT2D eigenvalue weighted by atomic mass is 9.79. The van der Waals surface area contributed by atoms with Gasteiger partial charge in [-0.25, -0.2) is 14.4 Å². The number of alkyl halides is 3. The van der Waals surface area contributed by atoms with Gasteiger partial charge in [-0.1, -0.05) is 35.3 Å². The number of rotatable bonds is 7.